The predicted molar refractivity (Wildman–Crippen MR) is 82.4 cm³/mol. The highest BCUT2D eigenvalue weighted by Gasteiger charge is 2.30. The van der Waals surface area contributed by atoms with Gasteiger partial charge in [0.05, 0.1) is 22.7 Å². The van der Waals surface area contributed by atoms with Crippen LogP contribution in [0.4, 0.5) is 13.2 Å². The molecule has 24 heavy (non-hydrogen) atoms. The molecular weight excluding hydrogens is 341 g/mol. The van der Waals surface area contributed by atoms with Crippen molar-refractivity contribution in [3.63, 3.8) is 0 Å². The SMILES string of the molecule is O=C(NCc1coc(-c2cccs2)n1)c1ccc(C(F)(F)F)cc1. The first-order chi connectivity index (χ1) is 11.4. The van der Waals surface area contributed by atoms with E-state index in [1.165, 1.54) is 17.6 Å². The zero-order valence-electron chi connectivity index (χ0n) is 12.1. The fourth-order valence-corrected chi connectivity index (χ4v) is 2.64. The van der Waals surface area contributed by atoms with Crippen LogP contribution in [0.5, 0.6) is 0 Å². The minimum atomic E-state index is -4.42. The number of benzene rings is 1. The molecule has 0 saturated carbocycles. The molecule has 1 amide bonds. The van der Waals surface area contributed by atoms with E-state index in [9.17, 15) is 18.0 Å². The number of oxazole rings is 1. The average molecular weight is 352 g/mol. The van der Waals surface area contributed by atoms with Crippen LogP contribution in [-0.4, -0.2) is 10.9 Å². The lowest BCUT2D eigenvalue weighted by Gasteiger charge is -2.07. The van der Waals surface area contributed by atoms with Crippen molar-refractivity contribution in [1.82, 2.24) is 10.3 Å². The van der Waals surface area contributed by atoms with Gasteiger partial charge in [0, 0.05) is 5.56 Å². The van der Waals surface area contributed by atoms with Crippen molar-refractivity contribution in [2.24, 2.45) is 0 Å². The topological polar surface area (TPSA) is 55.1 Å². The van der Waals surface area contributed by atoms with Gasteiger partial charge in [0.1, 0.15) is 6.26 Å². The third-order valence-corrected chi connectivity index (χ3v) is 4.05. The summed E-state index contributed by atoms with van der Waals surface area (Å²) in [4.78, 5) is 17.1. The second-order valence-corrected chi connectivity index (χ2v) is 5.83. The molecule has 2 heterocycles. The van der Waals surface area contributed by atoms with Gasteiger partial charge in [0.25, 0.3) is 5.91 Å². The Morgan fingerprint density at radius 2 is 1.96 bits per heavy atom. The molecule has 0 saturated heterocycles. The predicted octanol–water partition coefficient (Wildman–Crippen LogP) is 4.35. The van der Waals surface area contributed by atoms with Crippen molar-refractivity contribution in [2.45, 2.75) is 12.7 Å². The Kier molecular flexibility index (Phi) is 4.39. The number of nitrogens with one attached hydrogen (secondary N) is 1. The van der Waals surface area contributed by atoms with Crippen LogP contribution in [0.15, 0.2) is 52.5 Å². The summed E-state index contributed by atoms with van der Waals surface area (Å²) in [5, 5.41) is 4.49. The summed E-state index contributed by atoms with van der Waals surface area (Å²) < 4.78 is 42.8. The Balaban J connectivity index is 1.61. The first-order valence-corrected chi connectivity index (χ1v) is 7.75. The Hall–Kier alpha value is -2.61. The van der Waals surface area contributed by atoms with Gasteiger partial charge in [-0.15, -0.1) is 11.3 Å². The fraction of sp³-hybridized carbons (Fsp3) is 0.125. The summed E-state index contributed by atoms with van der Waals surface area (Å²) in [6, 6.07) is 7.76. The molecule has 0 fully saturated rings. The van der Waals surface area contributed by atoms with Crippen LogP contribution in [-0.2, 0) is 12.7 Å². The molecule has 1 aromatic carbocycles. The smallest absolute Gasteiger partial charge is 0.416 e. The molecule has 0 atom stereocenters. The zero-order chi connectivity index (χ0) is 17.2. The van der Waals surface area contributed by atoms with Crippen molar-refractivity contribution in [3.8, 4) is 10.8 Å². The molecular formula is C16H11F3N2O2S. The molecule has 124 valence electrons. The zero-order valence-corrected chi connectivity index (χ0v) is 12.9. The number of alkyl halides is 3. The minimum absolute atomic E-state index is 0.120. The quantitative estimate of drug-likeness (QED) is 0.759. The first-order valence-electron chi connectivity index (χ1n) is 6.87. The van der Waals surface area contributed by atoms with E-state index in [-0.39, 0.29) is 12.1 Å². The molecule has 2 aromatic heterocycles. The molecule has 0 spiro atoms. The van der Waals surface area contributed by atoms with Crippen molar-refractivity contribution < 1.29 is 22.4 Å². The van der Waals surface area contributed by atoms with Gasteiger partial charge in [0.15, 0.2) is 0 Å². The summed E-state index contributed by atoms with van der Waals surface area (Å²) in [6.45, 7) is 0.120. The minimum Gasteiger partial charge on any atom is -0.443 e. The summed E-state index contributed by atoms with van der Waals surface area (Å²) in [7, 11) is 0. The number of rotatable bonds is 4. The lowest BCUT2D eigenvalue weighted by atomic mass is 10.1. The normalized spacial score (nSPS) is 11.5. The largest absolute Gasteiger partial charge is 0.443 e. The van der Waals surface area contributed by atoms with Crippen LogP contribution in [0, 0.1) is 0 Å². The van der Waals surface area contributed by atoms with Crippen LogP contribution >= 0.6 is 11.3 Å². The van der Waals surface area contributed by atoms with Crippen molar-refractivity contribution >= 4 is 17.2 Å². The maximum atomic E-state index is 12.5. The van der Waals surface area contributed by atoms with Gasteiger partial charge in [-0.3, -0.25) is 4.79 Å². The molecule has 1 N–H and O–H groups in total. The Morgan fingerprint density at radius 1 is 1.21 bits per heavy atom. The first kappa shape index (κ1) is 16.3. The van der Waals surface area contributed by atoms with Crippen molar-refractivity contribution in [2.75, 3.05) is 0 Å². The highest BCUT2D eigenvalue weighted by Crippen LogP contribution is 2.29. The Bertz CT molecular complexity index is 824. The number of carbonyl (C=O) groups excluding carboxylic acids is 1. The van der Waals surface area contributed by atoms with Crippen molar-refractivity contribution in [1.29, 1.82) is 0 Å². The third-order valence-electron chi connectivity index (χ3n) is 3.19. The van der Waals surface area contributed by atoms with E-state index >= 15 is 0 Å². The van der Waals surface area contributed by atoms with E-state index in [0.29, 0.717) is 11.6 Å². The highest BCUT2D eigenvalue weighted by molar-refractivity contribution is 7.13. The van der Waals surface area contributed by atoms with Gasteiger partial charge in [-0.25, -0.2) is 4.98 Å². The van der Waals surface area contributed by atoms with E-state index in [0.717, 1.165) is 29.1 Å². The monoisotopic (exact) mass is 352 g/mol. The second kappa shape index (κ2) is 6.48. The lowest BCUT2D eigenvalue weighted by Crippen LogP contribution is -2.23. The van der Waals surface area contributed by atoms with Crippen LogP contribution in [0.2, 0.25) is 0 Å². The maximum Gasteiger partial charge on any atom is 0.416 e. The van der Waals surface area contributed by atoms with Gasteiger partial charge in [-0.1, -0.05) is 6.07 Å². The summed E-state index contributed by atoms with van der Waals surface area (Å²) in [6.07, 6.45) is -2.99. The molecule has 0 radical (unpaired) electrons. The van der Waals surface area contributed by atoms with Gasteiger partial charge >= 0.3 is 6.18 Å². The number of carbonyl (C=O) groups is 1. The summed E-state index contributed by atoms with van der Waals surface area (Å²) >= 11 is 1.48. The summed E-state index contributed by atoms with van der Waals surface area (Å²) in [5.74, 6) is -0.0202. The van der Waals surface area contributed by atoms with E-state index in [1.807, 2.05) is 17.5 Å². The Labute approximate surface area is 139 Å². The van der Waals surface area contributed by atoms with Crippen LogP contribution in [0.3, 0.4) is 0 Å². The molecule has 0 aliphatic rings. The van der Waals surface area contributed by atoms with Crippen molar-refractivity contribution in [3.05, 3.63) is 64.9 Å². The van der Waals surface area contributed by atoms with E-state index in [2.05, 4.69) is 10.3 Å². The number of hydrogen-bond acceptors (Lipinski definition) is 4. The molecule has 0 unspecified atom stereocenters. The fourth-order valence-electron chi connectivity index (χ4n) is 1.99. The highest BCUT2D eigenvalue weighted by atomic mass is 32.1. The van der Waals surface area contributed by atoms with Gasteiger partial charge in [-0.05, 0) is 35.7 Å². The summed E-state index contributed by atoms with van der Waals surface area (Å²) in [5.41, 5.74) is -0.125. The number of amides is 1. The molecule has 8 heteroatoms. The molecule has 0 bridgehead atoms. The van der Waals surface area contributed by atoms with Gasteiger partial charge < -0.3 is 9.73 Å². The van der Waals surface area contributed by atoms with Crippen LogP contribution in [0.1, 0.15) is 21.6 Å². The second-order valence-electron chi connectivity index (χ2n) is 4.88. The number of thiophene rings is 1. The number of halogens is 3. The van der Waals surface area contributed by atoms with E-state index in [1.54, 1.807) is 0 Å². The standard InChI is InChI=1S/C16H11F3N2O2S/c17-16(18,19)11-5-3-10(4-6-11)14(22)20-8-12-9-23-15(21-12)13-2-1-7-24-13/h1-7,9H,8H2,(H,20,22). The number of aromatic nitrogens is 1. The molecule has 3 aromatic rings. The average Bonchev–Trinajstić information content (AvgIpc) is 3.23. The lowest BCUT2D eigenvalue weighted by molar-refractivity contribution is -0.137. The van der Waals surface area contributed by atoms with E-state index in [4.69, 9.17) is 4.42 Å². The van der Waals surface area contributed by atoms with Crippen LogP contribution in [0.25, 0.3) is 10.8 Å². The molecule has 0 aliphatic carbocycles. The number of hydrogen-bond donors (Lipinski definition) is 1. The van der Waals surface area contributed by atoms with Gasteiger partial charge in [0.2, 0.25) is 5.89 Å². The Morgan fingerprint density at radius 3 is 2.58 bits per heavy atom. The maximum absolute atomic E-state index is 12.5. The van der Waals surface area contributed by atoms with E-state index < -0.39 is 17.6 Å². The molecule has 0 aliphatic heterocycles. The number of nitrogens with zero attached hydrogens (tertiary/aromatic N) is 1. The molecule has 3 rings (SSSR count). The van der Waals surface area contributed by atoms with Gasteiger partial charge in [-0.2, -0.15) is 13.2 Å². The molecule has 4 nitrogen and oxygen atoms in total. The van der Waals surface area contributed by atoms with Crippen LogP contribution < -0.4 is 5.32 Å². The third kappa shape index (κ3) is 3.65.